The number of fused-ring (bicyclic) bond motifs is 2. The maximum Gasteiger partial charge on any atom is 0.261 e. The number of carbonyl (C=O) groups excluding carboxylic acids is 2. The molecule has 8 heteroatoms. The van der Waals surface area contributed by atoms with E-state index in [-0.39, 0.29) is 18.6 Å². The van der Waals surface area contributed by atoms with Crippen molar-refractivity contribution in [1.29, 1.82) is 5.26 Å². The summed E-state index contributed by atoms with van der Waals surface area (Å²) in [7, 11) is 1.66. The zero-order valence-corrected chi connectivity index (χ0v) is 15.4. The second-order valence-electron chi connectivity index (χ2n) is 7.63. The highest BCUT2D eigenvalue weighted by atomic mass is 32.2. The van der Waals surface area contributed by atoms with Crippen molar-refractivity contribution in [2.24, 2.45) is 5.41 Å². The fourth-order valence-electron chi connectivity index (χ4n) is 4.73. The zero-order chi connectivity index (χ0) is 18.5. The van der Waals surface area contributed by atoms with Crippen LogP contribution < -0.4 is 9.47 Å². The SMILES string of the molecule is CN1C(=O)[C@@]23C[C@](C)(C#N)[C@H](c4ccc5c(c4)OCO5)N2C(=O)C1(C)S3. The van der Waals surface area contributed by atoms with Gasteiger partial charge in [0.15, 0.2) is 21.2 Å². The second-order valence-corrected chi connectivity index (χ2v) is 9.30. The smallest absolute Gasteiger partial charge is 0.261 e. The van der Waals surface area contributed by atoms with Crippen LogP contribution in [0.5, 0.6) is 11.5 Å². The Bertz CT molecular complexity index is 930. The Labute approximate surface area is 154 Å². The van der Waals surface area contributed by atoms with Crippen LogP contribution in [0.2, 0.25) is 0 Å². The number of nitriles is 1. The molecule has 0 radical (unpaired) electrons. The molecule has 4 aliphatic rings. The molecule has 4 aliphatic heterocycles. The molecule has 0 saturated carbocycles. The van der Waals surface area contributed by atoms with E-state index in [0.29, 0.717) is 17.9 Å². The molecule has 0 aliphatic carbocycles. The number of nitrogens with zero attached hydrogens (tertiary/aromatic N) is 3. The molecule has 4 heterocycles. The average molecular weight is 371 g/mol. The molecule has 134 valence electrons. The van der Waals surface area contributed by atoms with Crippen LogP contribution in [0.4, 0.5) is 0 Å². The van der Waals surface area contributed by atoms with Crippen molar-refractivity contribution < 1.29 is 19.1 Å². The maximum atomic E-state index is 13.3. The lowest BCUT2D eigenvalue weighted by molar-refractivity contribution is -0.159. The summed E-state index contributed by atoms with van der Waals surface area (Å²) >= 11 is 1.36. The molecule has 1 aromatic rings. The molecule has 2 bridgehead atoms. The monoisotopic (exact) mass is 371 g/mol. The summed E-state index contributed by atoms with van der Waals surface area (Å²) in [5, 5.41) is 9.95. The zero-order valence-electron chi connectivity index (χ0n) is 14.6. The van der Waals surface area contributed by atoms with Crippen molar-refractivity contribution >= 4 is 23.6 Å². The fourth-order valence-corrected chi connectivity index (χ4v) is 6.67. The first-order chi connectivity index (χ1) is 12.3. The summed E-state index contributed by atoms with van der Waals surface area (Å²) in [4.78, 5) is 27.6. The highest BCUT2D eigenvalue weighted by Gasteiger charge is 2.78. The lowest BCUT2D eigenvalue weighted by atomic mass is 9.79. The lowest BCUT2D eigenvalue weighted by Gasteiger charge is -2.40. The molecule has 2 amide bonds. The molecule has 3 fully saturated rings. The third-order valence-electron chi connectivity index (χ3n) is 6.09. The Kier molecular flexibility index (Phi) is 2.72. The van der Waals surface area contributed by atoms with E-state index in [4.69, 9.17) is 9.47 Å². The molecular weight excluding hydrogens is 354 g/mol. The Morgan fingerprint density at radius 2 is 1.96 bits per heavy atom. The minimum atomic E-state index is -1.01. The van der Waals surface area contributed by atoms with Crippen molar-refractivity contribution in [1.82, 2.24) is 9.80 Å². The largest absolute Gasteiger partial charge is 0.454 e. The van der Waals surface area contributed by atoms with Crippen LogP contribution >= 0.6 is 11.8 Å². The number of piperazine rings is 1. The predicted octanol–water partition coefficient (Wildman–Crippen LogP) is 1.85. The van der Waals surface area contributed by atoms with E-state index in [1.54, 1.807) is 24.9 Å². The van der Waals surface area contributed by atoms with Crippen molar-refractivity contribution in [3.8, 4) is 17.6 Å². The highest BCUT2D eigenvalue weighted by molar-refractivity contribution is 8.04. The van der Waals surface area contributed by atoms with Gasteiger partial charge in [-0.1, -0.05) is 17.8 Å². The summed E-state index contributed by atoms with van der Waals surface area (Å²) in [6.45, 7) is 3.76. The molecule has 1 aromatic carbocycles. The van der Waals surface area contributed by atoms with Crippen LogP contribution in [0.25, 0.3) is 0 Å². The first-order valence-corrected chi connectivity index (χ1v) is 9.21. The van der Waals surface area contributed by atoms with Gasteiger partial charge in [-0.2, -0.15) is 5.26 Å². The van der Waals surface area contributed by atoms with Gasteiger partial charge in [0, 0.05) is 13.5 Å². The number of benzene rings is 1. The molecule has 7 nitrogen and oxygen atoms in total. The molecule has 1 spiro atoms. The Hall–Kier alpha value is -2.40. The standard InChI is InChI=1S/C18H17N3O4S/c1-16(8-19)7-18-15(23)20(3)17(2,26-18)14(22)21(18)13(16)10-4-5-11-12(6-10)25-9-24-11/h4-6,13H,7,9H2,1-3H3/t13-,16+,17?,18-/m0/s1. The van der Waals surface area contributed by atoms with Gasteiger partial charge in [0.1, 0.15) is 0 Å². The summed E-state index contributed by atoms with van der Waals surface area (Å²) in [5.41, 5.74) is -0.0887. The predicted molar refractivity (Wildman–Crippen MR) is 92.0 cm³/mol. The molecule has 0 N–H and O–H groups in total. The highest BCUT2D eigenvalue weighted by Crippen LogP contribution is 2.69. The van der Waals surface area contributed by atoms with Crippen molar-refractivity contribution in [2.75, 3.05) is 13.8 Å². The molecule has 4 atom stereocenters. The quantitative estimate of drug-likeness (QED) is 0.749. The second kappa shape index (κ2) is 4.46. The van der Waals surface area contributed by atoms with E-state index >= 15 is 0 Å². The molecule has 0 aromatic heterocycles. The minimum absolute atomic E-state index is 0.102. The molecule has 5 rings (SSSR count). The Morgan fingerprint density at radius 3 is 2.69 bits per heavy atom. The van der Waals surface area contributed by atoms with E-state index in [1.165, 1.54) is 16.7 Å². The number of amides is 2. The van der Waals surface area contributed by atoms with Gasteiger partial charge in [0.05, 0.1) is 17.5 Å². The van der Waals surface area contributed by atoms with Crippen LogP contribution in [0.1, 0.15) is 31.9 Å². The summed E-state index contributed by atoms with van der Waals surface area (Å²) in [5.74, 6) is 1.02. The van der Waals surface area contributed by atoms with Crippen LogP contribution in [0.3, 0.4) is 0 Å². The minimum Gasteiger partial charge on any atom is -0.454 e. The number of rotatable bonds is 1. The van der Waals surface area contributed by atoms with Crippen molar-refractivity contribution in [3.05, 3.63) is 23.8 Å². The molecule has 1 unspecified atom stereocenters. The van der Waals surface area contributed by atoms with E-state index in [0.717, 1.165) is 5.56 Å². The number of likely N-dealkylation sites (N-methyl/N-ethyl adjacent to an activating group) is 1. The summed E-state index contributed by atoms with van der Waals surface area (Å²) < 4.78 is 10.8. The van der Waals surface area contributed by atoms with E-state index < -0.39 is 21.2 Å². The van der Waals surface area contributed by atoms with Gasteiger partial charge in [-0.3, -0.25) is 9.59 Å². The fraction of sp³-hybridized carbons (Fsp3) is 0.500. The van der Waals surface area contributed by atoms with Crippen LogP contribution in [-0.2, 0) is 9.59 Å². The third-order valence-corrected chi connectivity index (χ3v) is 7.79. The van der Waals surface area contributed by atoms with Crippen LogP contribution in [0, 0.1) is 16.7 Å². The Balaban J connectivity index is 1.69. The molecular formula is C18H17N3O4S. The van der Waals surface area contributed by atoms with Gasteiger partial charge in [-0.05, 0) is 31.5 Å². The van der Waals surface area contributed by atoms with E-state index in [2.05, 4.69) is 6.07 Å². The van der Waals surface area contributed by atoms with Gasteiger partial charge < -0.3 is 19.3 Å². The van der Waals surface area contributed by atoms with Crippen molar-refractivity contribution in [2.45, 2.75) is 36.1 Å². The number of thioether (sulfide) groups is 1. The van der Waals surface area contributed by atoms with Gasteiger partial charge in [0.25, 0.3) is 11.8 Å². The topological polar surface area (TPSA) is 82.9 Å². The maximum absolute atomic E-state index is 13.3. The van der Waals surface area contributed by atoms with Crippen molar-refractivity contribution in [3.63, 3.8) is 0 Å². The van der Waals surface area contributed by atoms with Gasteiger partial charge in [0.2, 0.25) is 6.79 Å². The van der Waals surface area contributed by atoms with Crippen LogP contribution in [-0.4, -0.2) is 45.2 Å². The summed E-state index contributed by atoms with van der Waals surface area (Å²) in [6, 6.07) is 7.34. The first kappa shape index (κ1) is 15.8. The number of hydrogen-bond acceptors (Lipinski definition) is 6. The average Bonchev–Trinajstić information content (AvgIpc) is 3.28. The third kappa shape index (κ3) is 1.52. The van der Waals surface area contributed by atoms with E-state index in [1.807, 2.05) is 19.1 Å². The normalized spacial score (nSPS) is 39.5. The number of ether oxygens (including phenoxy) is 2. The van der Waals surface area contributed by atoms with Gasteiger partial charge in [-0.15, -0.1) is 0 Å². The number of hydrogen-bond donors (Lipinski definition) is 0. The molecule has 3 saturated heterocycles. The van der Waals surface area contributed by atoms with Gasteiger partial charge >= 0.3 is 0 Å². The molecule has 26 heavy (non-hydrogen) atoms. The number of carbonyl (C=O) groups is 2. The van der Waals surface area contributed by atoms with Crippen LogP contribution in [0.15, 0.2) is 18.2 Å². The summed E-state index contributed by atoms with van der Waals surface area (Å²) in [6.07, 6.45) is 0.310. The first-order valence-electron chi connectivity index (χ1n) is 8.40. The Morgan fingerprint density at radius 1 is 1.23 bits per heavy atom. The lowest BCUT2D eigenvalue weighted by Crippen LogP contribution is -2.60. The van der Waals surface area contributed by atoms with Gasteiger partial charge in [-0.25, -0.2) is 0 Å². The van der Waals surface area contributed by atoms with E-state index in [9.17, 15) is 14.9 Å².